The zero-order valence-corrected chi connectivity index (χ0v) is 8.98. The maximum Gasteiger partial charge on any atom is 0.245 e. The molecule has 0 aromatic carbocycles. The average Bonchev–Trinajstić information content (AvgIpc) is 2.40. The van der Waals surface area contributed by atoms with E-state index in [2.05, 4.69) is 10.5 Å². The van der Waals surface area contributed by atoms with Gasteiger partial charge in [0.05, 0.1) is 12.2 Å². The molecule has 0 fully saturated rings. The van der Waals surface area contributed by atoms with E-state index in [9.17, 15) is 4.79 Å². The van der Waals surface area contributed by atoms with E-state index in [1.165, 1.54) is 4.88 Å². The number of nitrogens with two attached hydrogens (primary N) is 1. The summed E-state index contributed by atoms with van der Waals surface area (Å²) in [5.41, 5.74) is 8.53. The molecule has 0 bridgehead atoms. The molecule has 1 rings (SSSR count). The number of thiazole rings is 1. The number of nitrogens with zero attached hydrogens (tertiary/aromatic N) is 1. The summed E-state index contributed by atoms with van der Waals surface area (Å²) in [4.78, 5) is 20.6. The van der Waals surface area contributed by atoms with Crippen LogP contribution in [0.25, 0.3) is 0 Å². The fourth-order valence-corrected chi connectivity index (χ4v) is 1.71. The Morgan fingerprint density at radius 1 is 1.64 bits per heavy atom. The van der Waals surface area contributed by atoms with Crippen molar-refractivity contribution in [2.24, 2.45) is 5.73 Å². The molecule has 14 heavy (non-hydrogen) atoms. The van der Waals surface area contributed by atoms with Crippen LogP contribution in [-0.2, 0) is 16.2 Å². The van der Waals surface area contributed by atoms with E-state index < -0.39 is 5.91 Å². The van der Waals surface area contributed by atoms with Gasteiger partial charge in [-0.05, 0) is 13.8 Å². The number of amides is 1. The van der Waals surface area contributed by atoms with Crippen molar-refractivity contribution in [2.75, 3.05) is 6.61 Å². The van der Waals surface area contributed by atoms with Gasteiger partial charge in [0.1, 0.15) is 11.6 Å². The maximum atomic E-state index is 10.3. The van der Waals surface area contributed by atoms with Gasteiger partial charge in [0.2, 0.25) is 5.91 Å². The third kappa shape index (κ3) is 3.41. The molecule has 1 heterocycles. The summed E-state index contributed by atoms with van der Waals surface area (Å²) in [5.74, 6) is -0.496. The number of aryl methyl sites for hydroxylation is 2. The zero-order valence-electron chi connectivity index (χ0n) is 8.16. The molecule has 0 aliphatic rings. The van der Waals surface area contributed by atoms with E-state index in [-0.39, 0.29) is 6.61 Å². The lowest BCUT2D eigenvalue weighted by atomic mass is 10.4. The molecular formula is C8H13N3O2S. The summed E-state index contributed by atoms with van der Waals surface area (Å²) in [7, 11) is 0. The third-order valence-corrected chi connectivity index (χ3v) is 2.69. The summed E-state index contributed by atoms with van der Waals surface area (Å²) in [6, 6.07) is 0. The number of hydroxylamine groups is 1. The van der Waals surface area contributed by atoms with Crippen LogP contribution in [0.4, 0.5) is 0 Å². The minimum atomic E-state index is -0.496. The van der Waals surface area contributed by atoms with Gasteiger partial charge < -0.3 is 5.73 Å². The van der Waals surface area contributed by atoms with Crippen LogP contribution < -0.4 is 11.2 Å². The normalized spacial score (nSPS) is 10.4. The highest BCUT2D eigenvalue weighted by atomic mass is 32.1. The van der Waals surface area contributed by atoms with Crippen molar-refractivity contribution >= 4 is 17.2 Å². The Morgan fingerprint density at radius 2 is 2.36 bits per heavy atom. The van der Waals surface area contributed by atoms with Crippen molar-refractivity contribution in [3.8, 4) is 0 Å². The van der Waals surface area contributed by atoms with Gasteiger partial charge in [-0.2, -0.15) is 5.48 Å². The van der Waals surface area contributed by atoms with Crippen LogP contribution in [0, 0.1) is 13.8 Å². The third-order valence-electron chi connectivity index (χ3n) is 1.61. The monoisotopic (exact) mass is 215 g/mol. The van der Waals surface area contributed by atoms with Crippen LogP contribution in [0.5, 0.6) is 0 Å². The van der Waals surface area contributed by atoms with Gasteiger partial charge in [0, 0.05) is 4.88 Å². The molecule has 0 aliphatic heterocycles. The lowest BCUT2D eigenvalue weighted by molar-refractivity contribution is -0.125. The lowest BCUT2D eigenvalue weighted by Crippen LogP contribution is -2.24. The van der Waals surface area contributed by atoms with Crippen LogP contribution in [0.15, 0.2) is 0 Å². The molecule has 0 aliphatic carbocycles. The van der Waals surface area contributed by atoms with E-state index in [1.807, 2.05) is 13.8 Å². The number of carbonyl (C=O) groups excluding carboxylic acids is 1. The minimum absolute atomic E-state index is 0.122. The van der Waals surface area contributed by atoms with E-state index in [0.717, 1.165) is 10.7 Å². The number of hydrogen-bond acceptors (Lipinski definition) is 5. The Labute approximate surface area is 86.2 Å². The SMILES string of the molecule is Cc1nc(CNOCC(N)=O)sc1C. The smallest absolute Gasteiger partial charge is 0.245 e. The number of primary amides is 1. The molecule has 0 atom stereocenters. The molecule has 1 aromatic heterocycles. The highest BCUT2D eigenvalue weighted by Gasteiger charge is 2.02. The summed E-state index contributed by atoms with van der Waals surface area (Å²) in [6.07, 6.45) is 0. The molecule has 0 saturated heterocycles. The maximum absolute atomic E-state index is 10.3. The van der Waals surface area contributed by atoms with Gasteiger partial charge in [-0.3, -0.25) is 9.63 Å². The van der Waals surface area contributed by atoms with Gasteiger partial charge in [-0.1, -0.05) is 0 Å². The van der Waals surface area contributed by atoms with Gasteiger partial charge >= 0.3 is 0 Å². The van der Waals surface area contributed by atoms with Crippen LogP contribution in [0.3, 0.4) is 0 Å². The predicted octanol–water partition coefficient (Wildman–Crippen LogP) is 0.266. The fraction of sp³-hybridized carbons (Fsp3) is 0.500. The number of carbonyl (C=O) groups is 1. The van der Waals surface area contributed by atoms with Gasteiger partial charge in [-0.15, -0.1) is 11.3 Å². The van der Waals surface area contributed by atoms with E-state index in [4.69, 9.17) is 10.6 Å². The van der Waals surface area contributed by atoms with E-state index >= 15 is 0 Å². The number of hydrogen-bond donors (Lipinski definition) is 2. The molecule has 0 radical (unpaired) electrons. The molecule has 5 nitrogen and oxygen atoms in total. The van der Waals surface area contributed by atoms with Gasteiger partial charge in [0.25, 0.3) is 0 Å². The Bertz CT molecular complexity index is 305. The average molecular weight is 215 g/mol. The summed E-state index contributed by atoms with van der Waals surface area (Å²) >= 11 is 1.60. The van der Waals surface area contributed by atoms with Crippen molar-refractivity contribution in [1.29, 1.82) is 0 Å². The van der Waals surface area contributed by atoms with Crippen LogP contribution in [0.1, 0.15) is 15.6 Å². The Morgan fingerprint density at radius 3 is 2.86 bits per heavy atom. The highest BCUT2D eigenvalue weighted by Crippen LogP contribution is 2.15. The van der Waals surface area contributed by atoms with Gasteiger partial charge in [0.15, 0.2) is 0 Å². The molecule has 78 valence electrons. The second kappa shape index (κ2) is 5.04. The molecule has 1 amide bonds. The molecule has 1 aromatic rings. The predicted molar refractivity (Wildman–Crippen MR) is 53.6 cm³/mol. The molecule has 0 unspecified atom stereocenters. The zero-order chi connectivity index (χ0) is 10.6. The first-order chi connectivity index (χ1) is 6.59. The van der Waals surface area contributed by atoms with Crippen molar-refractivity contribution < 1.29 is 9.63 Å². The fourth-order valence-electron chi connectivity index (χ4n) is 0.850. The number of nitrogens with one attached hydrogen (secondary N) is 1. The van der Waals surface area contributed by atoms with Crippen molar-refractivity contribution in [2.45, 2.75) is 20.4 Å². The first-order valence-corrected chi connectivity index (χ1v) is 4.97. The summed E-state index contributed by atoms with van der Waals surface area (Å²) in [6.45, 7) is 4.34. The van der Waals surface area contributed by atoms with E-state index in [1.54, 1.807) is 11.3 Å². The summed E-state index contributed by atoms with van der Waals surface area (Å²) < 4.78 is 0. The Kier molecular flexibility index (Phi) is 3.99. The molecule has 0 saturated carbocycles. The van der Waals surface area contributed by atoms with E-state index in [0.29, 0.717) is 6.54 Å². The van der Waals surface area contributed by atoms with Crippen molar-refractivity contribution in [1.82, 2.24) is 10.5 Å². The van der Waals surface area contributed by atoms with Crippen LogP contribution in [0.2, 0.25) is 0 Å². The molecular weight excluding hydrogens is 202 g/mol. The molecule has 0 spiro atoms. The minimum Gasteiger partial charge on any atom is -0.368 e. The first-order valence-electron chi connectivity index (χ1n) is 4.15. The van der Waals surface area contributed by atoms with Crippen molar-refractivity contribution in [3.05, 3.63) is 15.6 Å². The Balaban J connectivity index is 2.28. The Hall–Kier alpha value is -0.980. The quantitative estimate of drug-likeness (QED) is 0.546. The summed E-state index contributed by atoms with van der Waals surface area (Å²) in [5, 5.41) is 0.935. The number of rotatable bonds is 5. The highest BCUT2D eigenvalue weighted by molar-refractivity contribution is 7.11. The van der Waals surface area contributed by atoms with Crippen LogP contribution in [-0.4, -0.2) is 17.5 Å². The largest absolute Gasteiger partial charge is 0.368 e. The topological polar surface area (TPSA) is 77.2 Å². The second-order valence-electron chi connectivity index (χ2n) is 2.83. The van der Waals surface area contributed by atoms with Crippen molar-refractivity contribution in [3.63, 3.8) is 0 Å². The second-order valence-corrected chi connectivity index (χ2v) is 4.11. The number of aromatic nitrogens is 1. The lowest BCUT2D eigenvalue weighted by Gasteiger charge is -2.00. The van der Waals surface area contributed by atoms with Gasteiger partial charge in [-0.25, -0.2) is 4.98 Å². The molecule has 3 N–H and O–H groups in total. The molecule has 6 heteroatoms. The standard InChI is InChI=1S/C8H13N3O2S/c1-5-6(2)14-8(11-5)3-10-13-4-7(9)12/h10H,3-4H2,1-2H3,(H2,9,12). The first kappa shape index (κ1) is 11.1. The van der Waals surface area contributed by atoms with Crippen LogP contribution >= 0.6 is 11.3 Å².